The van der Waals surface area contributed by atoms with E-state index < -0.39 is 0 Å². The lowest BCUT2D eigenvalue weighted by atomic mass is 10.0. The van der Waals surface area contributed by atoms with Crippen molar-refractivity contribution in [3.8, 4) is 0 Å². The van der Waals surface area contributed by atoms with E-state index in [2.05, 4.69) is 20.0 Å². The summed E-state index contributed by atoms with van der Waals surface area (Å²) in [5.41, 5.74) is 3.66. The maximum Gasteiger partial charge on any atom is 0.258 e. The number of fused-ring (bicyclic) bond motifs is 2. The van der Waals surface area contributed by atoms with Crippen LogP contribution in [0.5, 0.6) is 0 Å². The third kappa shape index (κ3) is 2.83. The van der Waals surface area contributed by atoms with Crippen LogP contribution < -0.4 is 10.5 Å². The number of hydrogen-bond acceptors (Lipinski definition) is 7. The smallest absolute Gasteiger partial charge is 0.258 e. The van der Waals surface area contributed by atoms with Gasteiger partial charge in [0.05, 0.1) is 30.1 Å². The van der Waals surface area contributed by atoms with Crippen LogP contribution in [0, 0.1) is 13.8 Å². The summed E-state index contributed by atoms with van der Waals surface area (Å²) < 4.78 is 9.20. The molecule has 3 aromatic rings. The molecule has 0 bridgehead atoms. The van der Waals surface area contributed by atoms with Gasteiger partial charge in [-0.05, 0) is 27.2 Å². The molecule has 5 rings (SSSR count). The van der Waals surface area contributed by atoms with Gasteiger partial charge in [-0.3, -0.25) is 9.36 Å². The number of aromatic nitrogens is 6. The monoisotopic (exact) mass is 395 g/mol. The van der Waals surface area contributed by atoms with E-state index in [0.717, 1.165) is 65.9 Å². The normalized spacial score (nSPS) is 19.1. The molecule has 0 unspecified atom stereocenters. The predicted octanol–water partition coefficient (Wildman–Crippen LogP) is 1.38. The van der Waals surface area contributed by atoms with Crippen molar-refractivity contribution in [2.45, 2.75) is 52.6 Å². The van der Waals surface area contributed by atoms with Crippen LogP contribution in [0.2, 0.25) is 0 Å². The van der Waals surface area contributed by atoms with E-state index in [1.807, 2.05) is 25.3 Å². The van der Waals surface area contributed by atoms with Crippen LogP contribution in [0.3, 0.4) is 0 Å². The highest BCUT2D eigenvalue weighted by molar-refractivity contribution is 5.73. The molecular weight excluding hydrogens is 370 g/mol. The molecule has 1 fully saturated rings. The summed E-state index contributed by atoms with van der Waals surface area (Å²) in [5.74, 6) is 2.70. The Morgan fingerprint density at radius 2 is 2.10 bits per heavy atom. The fourth-order valence-corrected chi connectivity index (χ4v) is 4.54. The number of imidazole rings is 1. The van der Waals surface area contributed by atoms with Crippen molar-refractivity contribution < 1.29 is 4.74 Å². The molecule has 0 amide bonds. The maximum absolute atomic E-state index is 13.0. The van der Waals surface area contributed by atoms with E-state index in [-0.39, 0.29) is 11.5 Å². The molecule has 152 valence electrons. The molecule has 0 N–H and O–H groups in total. The minimum absolute atomic E-state index is 0.0545. The zero-order valence-corrected chi connectivity index (χ0v) is 17.1. The van der Waals surface area contributed by atoms with Gasteiger partial charge in [-0.25, -0.2) is 19.5 Å². The highest BCUT2D eigenvalue weighted by Gasteiger charge is 2.30. The molecule has 3 aromatic heterocycles. The zero-order valence-electron chi connectivity index (χ0n) is 17.1. The van der Waals surface area contributed by atoms with Crippen LogP contribution in [-0.2, 0) is 24.2 Å². The van der Waals surface area contributed by atoms with Gasteiger partial charge in [0.1, 0.15) is 23.5 Å². The van der Waals surface area contributed by atoms with Crippen LogP contribution in [0.1, 0.15) is 47.9 Å². The molecule has 2 aliphatic rings. The van der Waals surface area contributed by atoms with E-state index >= 15 is 0 Å². The van der Waals surface area contributed by atoms with Crippen LogP contribution in [-0.4, -0.2) is 48.9 Å². The SMILES string of the molecule is CCn1c(C)nc2c(c1=O)CN(c1ncnn3c(C)nc([C@@H]4CCOC4)c13)CC2. The van der Waals surface area contributed by atoms with Gasteiger partial charge in [0.2, 0.25) is 0 Å². The fourth-order valence-electron chi connectivity index (χ4n) is 4.54. The second-order valence-electron chi connectivity index (χ2n) is 7.75. The minimum atomic E-state index is 0.0545. The molecule has 29 heavy (non-hydrogen) atoms. The Bertz CT molecular complexity index is 1140. The fraction of sp³-hybridized carbons (Fsp3) is 0.550. The maximum atomic E-state index is 13.0. The second kappa shape index (κ2) is 6.91. The number of ether oxygens (including phenoxy) is 1. The molecule has 5 heterocycles. The Labute approximate surface area is 168 Å². The van der Waals surface area contributed by atoms with Crippen molar-refractivity contribution >= 4 is 11.3 Å². The molecule has 9 heteroatoms. The van der Waals surface area contributed by atoms with E-state index in [1.165, 1.54) is 0 Å². The third-order valence-electron chi connectivity index (χ3n) is 6.04. The quantitative estimate of drug-likeness (QED) is 0.662. The van der Waals surface area contributed by atoms with Crippen molar-refractivity contribution in [3.05, 3.63) is 45.3 Å². The molecule has 0 saturated carbocycles. The summed E-state index contributed by atoms with van der Waals surface area (Å²) in [5, 5.41) is 4.43. The summed E-state index contributed by atoms with van der Waals surface area (Å²) >= 11 is 0. The van der Waals surface area contributed by atoms with Gasteiger partial charge in [0, 0.05) is 32.0 Å². The largest absolute Gasteiger partial charge is 0.381 e. The van der Waals surface area contributed by atoms with E-state index in [0.29, 0.717) is 19.7 Å². The Hall–Kier alpha value is -2.81. The lowest BCUT2D eigenvalue weighted by molar-refractivity contribution is 0.193. The molecule has 1 saturated heterocycles. The Morgan fingerprint density at radius 3 is 2.86 bits per heavy atom. The second-order valence-corrected chi connectivity index (χ2v) is 7.75. The molecule has 0 aromatic carbocycles. The van der Waals surface area contributed by atoms with Gasteiger partial charge in [-0.1, -0.05) is 0 Å². The van der Waals surface area contributed by atoms with E-state index in [4.69, 9.17) is 9.72 Å². The van der Waals surface area contributed by atoms with Crippen LogP contribution in [0.15, 0.2) is 11.1 Å². The first-order chi connectivity index (χ1) is 14.1. The van der Waals surface area contributed by atoms with Gasteiger partial charge in [-0.15, -0.1) is 0 Å². The lowest BCUT2D eigenvalue weighted by Crippen LogP contribution is -2.39. The van der Waals surface area contributed by atoms with Gasteiger partial charge in [0.25, 0.3) is 5.56 Å². The number of rotatable bonds is 3. The summed E-state index contributed by atoms with van der Waals surface area (Å²) in [6, 6.07) is 0. The summed E-state index contributed by atoms with van der Waals surface area (Å²) in [6.45, 7) is 9.14. The van der Waals surface area contributed by atoms with E-state index in [9.17, 15) is 4.79 Å². The highest BCUT2D eigenvalue weighted by atomic mass is 16.5. The zero-order chi connectivity index (χ0) is 20.1. The number of aryl methyl sites for hydroxylation is 2. The van der Waals surface area contributed by atoms with Crippen LogP contribution >= 0.6 is 0 Å². The van der Waals surface area contributed by atoms with Crippen molar-refractivity contribution in [2.75, 3.05) is 24.7 Å². The number of nitrogens with zero attached hydrogens (tertiary/aromatic N) is 7. The summed E-state index contributed by atoms with van der Waals surface area (Å²) in [7, 11) is 0. The first kappa shape index (κ1) is 18.2. The van der Waals surface area contributed by atoms with Crippen molar-refractivity contribution in [2.24, 2.45) is 0 Å². The molecular formula is C20H25N7O2. The topological polar surface area (TPSA) is 90.4 Å². The number of anilines is 1. The molecule has 2 aliphatic heterocycles. The molecule has 0 radical (unpaired) electrons. The highest BCUT2D eigenvalue weighted by Crippen LogP contribution is 2.33. The summed E-state index contributed by atoms with van der Waals surface area (Å²) in [6.07, 6.45) is 3.24. The van der Waals surface area contributed by atoms with Crippen LogP contribution in [0.25, 0.3) is 5.52 Å². The molecule has 0 spiro atoms. The average Bonchev–Trinajstić information content (AvgIpc) is 3.36. The van der Waals surface area contributed by atoms with Crippen molar-refractivity contribution in [1.29, 1.82) is 0 Å². The van der Waals surface area contributed by atoms with E-state index in [1.54, 1.807) is 10.9 Å². The van der Waals surface area contributed by atoms with Gasteiger partial charge in [0.15, 0.2) is 5.82 Å². The van der Waals surface area contributed by atoms with Gasteiger partial charge < -0.3 is 9.64 Å². The van der Waals surface area contributed by atoms with Crippen molar-refractivity contribution in [1.82, 2.24) is 29.1 Å². The van der Waals surface area contributed by atoms with Gasteiger partial charge >= 0.3 is 0 Å². The Balaban J connectivity index is 1.62. The molecule has 9 nitrogen and oxygen atoms in total. The minimum Gasteiger partial charge on any atom is -0.381 e. The first-order valence-electron chi connectivity index (χ1n) is 10.2. The Kier molecular flexibility index (Phi) is 4.34. The van der Waals surface area contributed by atoms with Crippen LogP contribution in [0.4, 0.5) is 5.82 Å². The standard InChI is InChI=1S/C20H25N7O2/c1-4-26-12(2)23-16-5-7-25(9-15(16)20(26)28)19-18-17(14-6-8-29-10-14)24-13(3)27(18)22-11-21-19/h11,14H,4-10H2,1-3H3/t14-/m1/s1. The lowest BCUT2D eigenvalue weighted by Gasteiger charge is -2.30. The molecule has 0 aliphatic carbocycles. The van der Waals surface area contributed by atoms with Crippen molar-refractivity contribution in [3.63, 3.8) is 0 Å². The summed E-state index contributed by atoms with van der Waals surface area (Å²) in [4.78, 5) is 29.3. The average molecular weight is 395 g/mol. The predicted molar refractivity (Wildman–Crippen MR) is 107 cm³/mol. The third-order valence-corrected chi connectivity index (χ3v) is 6.04. The first-order valence-corrected chi connectivity index (χ1v) is 10.2. The molecule has 1 atom stereocenters. The Morgan fingerprint density at radius 1 is 1.24 bits per heavy atom. The number of hydrogen-bond donors (Lipinski definition) is 0. The van der Waals surface area contributed by atoms with Gasteiger partial charge in [-0.2, -0.15) is 5.10 Å².